The standard InChI is InChI=1S/C35H42N4O7Si/c1-36-31(40)29(21-25-13-7-5-8-14-25)37-19-20-38(35(44)45-23-26-15-9-6-10-16-26)22-30(34(43)46-24-47(2,3)4)39-32(41)27-17-11-12-18-28(27)33(39)42/h5-18,29-30,37H,19-24H2,1-4H3,(H,36,40). The summed E-state index contributed by atoms with van der Waals surface area (Å²) in [5.74, 6) is -2.30. The Kier molecular flexibility index (Phi) is 12.0. The number of carbonyl (C=O) groups is 5. The number of likely N-dealkylation sites (N-methyl/N-ethyl adjacent to an activating group) is 1. The van der Waals surface area contributed by atoms with Crippen LogP contribution >= 0.6 is 0 Å². The zero-order chi connectivity index (χ0) is 34.0. The van der Waals surface area contributed by atoms with Crippen LogP contribution < -0.4 is 10.6 Å². The van der Waals surface area contributed by atoms with E-state index in [2.05, 4.69) is 10.6 Å². The van der Waals surface area contributed by atoms with Crippen LogP contribution in [0.15, 0.2) is 84.9 Å². The summed E-state index contributed by atoms with van der Waals surface area (Å²) in [4.78, 5) is 69.2. The molecule has 2 atom stereocenters. The Labute approximate surface area is 276 Å². The van der Waals surface area contributed by atoms with E-state index in [1.54, 1.807) is 19.2 Å². The van der Waals surface area contributed by atoms with E-state index in [9.17, 15) is 24.0 Å². The molecule has 0 fully saturated rings. The van der Waals surface area contributed by atoms with Gasteiger partial charge in [0.25, 0.3) is 11.8 Å². The van der Waals surface area contributed by atoms with Gasteiger partial charge in [-0.2, -0.15) is 0 Å². The molecule has 12 heteroatoms. The Balaban J connectivity index is 1.58. The molecule has 0 saturated heterocycles. The number of nitrogens with one attached hydrogen (secondary N) is 2. The third kappa shape index (κ3) is 9.60. The van der Waals surface area contributed by atoms with Crippen molar-refractivity contribution in [3.05, 3.63) is 107 Å². The summed E-state index contributed by atoms with van der Waals surface area (Å²) in [6.07, 6.45) is -0.187. The van der Waals surface area contributed by atoms with Crippen LogP contribution in [-0.2, 0) is 32.1 Å². The molecular weight excluding hydrogens is 616 g/mol. The third-order valence-electron chi connectivity index (χ3n) is 7.53. The van der Waals surface area contributed by atoms with Crippen LogP contribution in [0.5, 0.6) is 0 Å². The van der Waals surface area contributed by atoms with E-state index < -0.39 is 44.0 Å². The molecule has 1 heterocycles. The van der Waals surface area contributed by atoms with Gasteiger partial charge >= 0.3 is 12.1 Å². The number of hydrogen-bond acceptors (Lipinski definition) is 8. The van der Waals surface area contributed by atoms with Gasteiger partial charge < -0.3 is 25.0 Å². The van der Waals surface area contributed by atoms with Crippen LogP contribution in [0.1, 0.15) is 31.8 Å². The average molecular weight is 659 g/mol. The van der Waals surface area contributed by atoms with E-state index in [4.69, 9.17) is 9.47 Å². The smallest absolute Gasteiger partial charge is 0.410 e. The highest BCUT2D eigenvalue weighted by Crippen LogP contribution is 2.26. The van der Waals surface area contributed by atoms with Gasteiger partial charge in [0.05, 0.1) is 38.0 Å². The Morgan fingerprint density at radius 1 is 0.809 bits per heavy atom. The molecule has 1 aliphatic heterocycles. The van der Waals surface area contributed by atoms with Gasteiger partial charge in [-0.3, -0.25) is 19.3 Å². The van der Waals surface area contributed by atoms with Crippen molar-refractivity contribution >= 4 is 37.9 Å². The Hall–Kier alpha value is -4.81. The van der Waals surface area contributed by atoms with Gasteiger partial charge in [-0.1, -0.05) is 92.4 Å². The van der Waals surface area contributed by atoms with Crippen LogP contribution in [0, 0.1) is 0 Å². The van der Waals surface area contributed by atoms with Crippen molar-refractivity contribution in [3.8, 4) is 0 Å². The number of fused-ring (bicyclic) bond motifs is 1. The monoisotopic (exact) mass is 658 g/mol. The number of imide groups is 1. The summed E-state index contributed by atoms with van der Waals surface area (Å²) >= 11 is 0. The topological polar surface area (TPSA) is 134 Å². The Morgan fingerprint density at radius 3 is 1.91 bits per heavy atom. The number of esters is 1. The zero-order valence-electron chi connectivity index (χ0n) is 27.2. The summed E-state index contributed by atoms with van der Waals surface area (Å²) in [5.41, 5.74) is 2.06. The number of rotatable bonds is 15. The first kappa shape index (κ1) is 35.0. The number of benzene rings is 3. The molecule has 0 aliphatic carbocycles. The Morgan fingerprint density at radius 2 is 1.36 bits per heavy atom. The van der Waals surface area contributed by atoms with E-state index in [0.717, 1.165) is 16.0 Å². The average Bonchev–Trinajstić information content (AvgIpc) is 3.32. The van der Waals surface area contributed by atoms with E-state index in [0.29, 0.717) is 6.42 Å². The minimum atomic E-state index is -1.88. The highest BCUT2D eigenvalue weighted by Gasteiger charge is 2.45. The lowest BCUT2D eigenvalue weighted by Gasteiger charge is -2.31. The predicted octanol–water partition coefficient (Wildman–Crippen LogP) is 3.66. The van der Waals surface area contributed by atoms with Crippen molar-refractivity contribution in [3.63, 3.8) is 0 Å². The number of hydrogen-bond donors (Lipinski definition) is 2. The highest BCUT2D eigenvalue weighted by molar-refractivity contribution is 6.76. The molecule has 4 rings (SSSR count). The molecule has 11 nitrogen and oxygen atoms in total. The van der Waals surface area contributed by atoms with Crippen LogP contribution in [-0.4, -0.2) is 92.7 Å². The normalized spacial score (nSPS) is 13.8. The number of carbonyl (C=O) groups excluding carboxylic acids is 5. The van der Waals surface area contributed by atoms with Gasteiger partial charge in [0.15, 0.2) is 6.04 Å². The second-order valence-corrected chi connectivity index (χ2v) is 17.9. The van der Waals surface area contributed by atoms with E-state index in [-0.39, 0.29) is 49.5 Å². The molecule has 0 aromatic heterocycles. The largest absolute Gasteiger partial charge is 0.468 e. The van der Waals surface area contributed by atoms with Crippen molar-refractivity contribution in [2.24, 2.45) is 0 Å². The fourth-order valence-electron chi connectivity index (χ4n) is 5.07. The summed E-state index contributed by atoms with van der Waals surface area (Å²) < 4.78 is 11.3. The van der Waals surface area contributed by atoms with Crippen LogP contribution in [0.25, 0.3) is 0 Å². The third-order valence-corrected chi connectivity index (χ3v) is 8.54. The van der Waals surface area contributed by atoms with Crippen LogP contribution in [0.3, 0.4) is 0 Å². The van der Waals surface area contributed by atoms with Crippen LogP contribution in [0.4, 0.5) is 4.79 Å². The quantitative estimate of drug-likeness (QED) is 0.144. The minimum Gasteiger partial charge on any atom is -0.468 e. The molecule has 3 aromatic rings. The van der Waals surface area contributed by atoms with Gasteiger partial charge in [0.2, 0.25) is 5.91 Å². The maximum absolute atomic E-state index is 13.7. The molecule has 1 aliphatic rings. The summed E-state index contributed by atoms with van der Waals surface area (Å²) in [5, 5.41) is 5.87. The van der Waals surface area contributed by atoms with Gasteiger partial charge in [-0.05, 0) is 29.7 Å². The molecule has 47 heavy (non-hydrogen) atoms. The van der Waals surface area contributed by atoms with Crippen LogP contribution in [0.2, 0.25) is 19.6 Å². The van der Waals surface area contributed by atoms with E-state index in [1.165, 1.54) is 17.0 Å². The summed E-state index contributed by atoms with van der Waals surface area (Å²) in [6.45, 7) is 5.81. The van der Waals surface area contributed by atoms with Gasteiger partial charge in [0.1, 0.15) is 6.61 Å². The molecule has 3 aromatic carbocycles. The number of amides is 4. The lowest BCUT2D eigenvalue weighted by molar-refractivity contribution is -0.147. The Bertz CT molecular complexity index is 1530. The van der Waals surface area contributed by atoms with Gasteiger partial charge in [0, 0.05) is 20.1 Å². The molecule has 248 valence electrons. The summed E-state index contributed by atoms with van der Waals surface area (Å²) in [6, 6.07) is 22.9. The van der Waals surface area contributed by atoms with Crippen molar-refractivity contribution in [1.29, 1.82) is 0 Å². The zero-order valence-corrected chi connectivity index (χ0v) is 28.2. The molecule has 0 bridgehead atoms. The fourth-order valence-corrected chi connectivity index (χ4v) is 5.64. The molecule has 4 amide bonds. The number of nitrogens with zero attached hydrogens (tertiary/aromatic N) is 2. The first-order valence-electron chi connectivity index (χ1n) is 15.6. The lowest BCUT2D eigenvalue weighted by Crippen LogP contribution is -2.55. The van der Waals surface area contributed by atoms with Crippen molar-refractivity contribution in [2.75, 3.05) is 32.9 Å². The minimum absolute atomic E-state index is 0.00310. The molecular formula is C35H42N4O7Si. The molecule has 2 unspecified atom stereocenters. The first-order chi connectivity index (χ1) is 22.5. The highest BCUT2D eigenvalue weighted by atomic mass is 28.3. The fraction of sp³-hybridized carbons (Fsp3) is 0.343. The maximum atomic E-state index is 13.7. The van der Waals surface area contributed by atoms with E-state index in [1.807, 2.05) is 80.3 Å². The van der Waals surface area contributed by atoms with Gasteiger partial charge in [-0.15, -0.1) is 0 Å². The van der Waals surface area contributed by atoms with Crippen molar-refractivity contribution in [1.82, 2.24) is 20.4 Å². The van der Waals surface area contributed by atoms with Crippen molar-refractivity contribution in [2.45, 2.75) is 44.8 Å². The lowest BCUT2D eigenvalue weighted by atomic mass is 10.1. The predicted molar refractivity (Wildman–Crippen MR) is 179 cm³/mol. The SMILES string of the molecule is CNC(=O)C(Cc1ccccc1)NCCN(CC(C(=O)OC[Si](C)(C)C)N1C(=O)c2ccccc2C1=O)C(=O)OCc1ccccc1. The van der Waals surface area contributed by atoms with Gasteiger partial charge in [-0.25, -0.2) is 9.59 Å². The molecule has 0 spiro atoms. The first-order valence-corrected chi connectivity index (χ1v) is 19.3. The van der Waals surface area contributed by atoms with Crippen molar-refractivity contribution < 1.29 is 33.4 Å². The molecule has 2 N–H and O–H groups in total. The maximum Gasteiger partial charge on any atom is 0.410 e. The second kappa shape index (κ2) is 16.1. The summed E-state index contributed by atoms with van der Waals surface area (Å²) in [7, 11) is -0.330. The van der Waals surface area contributed by atoms with E-state index >= 15 is 0 Å². The molecule has 0 saturated carbocycles. The molecule has 0 radical (unpaired) electrons. The second-order valence-electron chi connectivity index (χ2n) is 12.5. The number of ether oxygens (including phenoxy) is 2.